The molecular formula is C21H18N2O5S. The largest absolute Gasteiger partial charge is 0.448 e. The topological polar surface area (TPSA) is 89.7 Å². The molecule has 0 saturated carbocycles. The highest BCUT2D eigenvalue weighted by Crippen LogP contribution is 2.29. The highest BCUT2D eigenvalue weighted by Gasteiger charge is 2.27. The molecule has 3 aromatic rings. The Balaban J connectivity index is 1.44. The number of carbonyl (C=O) groups excluding carboxylic acids is 2. The number of non-ortho nitro benzene ring substituents is 1. The maximum absolute atomic E-state index is 12.7. The van der Waals surface area contributed by atoms with Crippen LogP contribution in [0.4, 0.5) is 5.69 Å². The molecule has 1 aromatic heterocycles. The van der Waals surface area contributed by atoms with Gasteiger partial charge in [-0.2, -0.15) is 0 Å². The number of hydrogen-bond acceptors (Lipinski definition) is 6. The second-order valence-electron chi connectivity index (χ2n) is 6.92. The van der Waals surface area contributed by atoms with Crippen molar-refractivity contribution in [3.63, 3.8) is 0 Å². The van der Waals surface area contributed by atoms with Crippen molar-refractivity contribution in [2.45, 2.75) is 26.0 Å². The molecule has 8 heteroatoms. The zero-order valence-electron chi connectivity index (χ0n) is 15.7. The van der Waals surface area contributed by atoms with E-state index in [-0.39, 0.29) is 11.6 Å². The van der Waals surface area contributed by atoms with Crippen molar-refractivity contribution in [1.82, 2.24) is 4.90 Å². The lowest BCUT2D eigenvalue weighted by atomic mass is 9.99. The number of thiophene rings is 1. The van der Waals surface area contributed by atoms with Gasteiger partial charge < -0.3 is 9.64 Å². The first-order valence-corrected chi connectivity index (χ1v) is 9.98. The van der Waals surface area contributed by atoms with Crippen LogP contribution in [0.15, 0.2) is 48.5 Å². The first-order chi connectivity index (χ1) is 13.9. The van der Waals surface area contributed by atoms with Gasteiger partial charge in [-0.15, -0.1) is 11.3 Å². The van der Waals surface area contributed by atoms with Crippen LogP contribution in [0.2, 0.25) is 0 Å². The molecule has 29 heavy (non-hydrogen) atoms. The van der Waals surface area contributed by atoms with E-state index in [1.807, 2.05) is 18.2 Å². The summed E-state index contributed by atoms with van der Waals surface area (Å²) in [7, 11) is 0. The van der Waals surface area contributed by atoms with Gasteiger partial charge >= 0.3 is 5.97 Å². The van der Waals surface area contributed by atoms with E-state index in [1.54, 1.807) is 24.0 Å². The summed E-state index contributed by atoms with van der Waals surface area (Å²) in [6.45, 7) is 2.66. The number of hydrogen-bond donors (Lipinski definition) is 0. The number of nitrogens with zero attached hydrogens (tertiary/aromatic N) is 2. The number of nitro groups is 1. The number of carbonyl (C=O) groups is 2. The minimum Gasteiger partial charge on any atom is -0.448 e. The molecule has 7 nitrogen and oxygen atoms in total. The van der Waals surface area contributed by atoms with Crippen LogP contribution in [-0.4, -0.2) is 34.3 Å². The summed E-state index contributed by atoms with van der Waals surface area (Å²) in [5, 5.41) is 11.5. The number of benzene rings is 2. The van der Waals surface area contributed by atoms with Crippen LogP contribution >= 0.6 is 11.3 Å². The number of rotatable bonds is 4. The lowest BCUT2D eigenvalue weighted by Crippen LogP contribution is -2.42. The third-order valence-electron chi connectivity index (χ3n) is 4.99. The van der Waals surface area contributed by atoms with Crippen molar-refractivity contribution in [3.05, 3.63) is 74.6 Å². The van der Waals surface area contributed by atoms with Crippen LogP contribution in [0, 0.1) is 10.1 Å². The van der Waals surface area contributed by atoms with Gasteiger partial charge in [-0.25, -0.2) is 4.79 Å². The van der Waals surface area contributed by atoms with Gasteiger partial charge in [-0.3, -0.25) is 14.9 Å². The Morgan fingerprint density at radius 2 is 1.93 bits per heavy atom. The Bertz CT molecular complexity index is 1120. The molecule has 2 aromatic carbocycles. The fourth-order valence-corrected chi connectivity index (χ4v) is 4.38. The van der Waals surface area contributed by atoms with E-state index in [1.165, 1.54) is 29.0 Å². The Hall–Kier alpha value is -3.26. The van der Waals surface area contributed by atoms with Gasteiger partial charge in [0.1, 0.15) is 4.88 Å². The van der Waals surface area contributed by atoms with E-state index in [0.29, 0.717) is 23.4 Å². The fraction of sp³-hybridized carbons (Fsp3) is 0.238. The van der Waals surface area contributed by atoms with Gasteiger partial charge in [-0.1, -0.05) is 24.3 Å². The Morgan fingerprint density at radius 3 is 2.69 bits per heavy atom. The van der Waals surface area contributed by atoms with Gasteiger partial charge in [-0.05, 0) is 36.6 Å². The third kappa shape index (κ3) is 3.84. The molecule has 1 aliphatic rings. The molecule has 1 atom stereocenters. The van der Waals surface area contributed by atoms with E-state index in [2.05, 4.69) is 6.07 Å². The number of fused-ring (bicyclic) bond motifs is 2. The van der Waals surface area contributed by atoms with E-state index < -0.39 is 17.0 Å². The molecule has 0 unspecified atom stereocenters. The molecule has 4 rings (SSSR count). The van der Waals surface area contributed by atoms with Gasteiger partial charge in [0, 0.05) is 35.3 Å². The average molecular weight is 410 g/mol. The van der Waals surface area contributed by atoms with E-state index in [9.17, 15) is 19.7 Å². The molecule has 2 heterocycles. The van der Waals surface area contributed by atoms with E-state index in [4.69, 9.17) is 4.74 Å². The quantitative estimate of drug-likeness (QED) is 0.369. The molecule has 0 radical (unpaired) electrons. The van der Waals surface area contributed by atoms with Crippen LogP contribution in [0.3, 0.4) is 0 Å². The van der Waals surface area contributed by atoms with Gasteiger partial charge in [0.05, 0.1) is 4.92 Å². The monoisotopic (exact) mass is 410 g/mol. The molecule has 0 fully saturated rings. The normalized spacial score (nSPS) is 14.3. The van der Waals surface area contributed by atoms with Crippen molar-refractivity contribution in [2.75, 3.05) is 6.54 Å². The lowest BCUT2D eigenvalue weighted by molar-refractivity contribution is -0.384. The maximum Gasteiger partial charge on any atom is 0.349 e. The summed E-state index contributed by atoms with van der Waals surface area (Å²) in [6, 6.07) is 14.0. The van der Waals surface area contributed by atoms with Gasteiger partial charge in [0.2, 0.25) is 0 Å². The third-order valence-corrected chi connectivity index (χ3v) is 6.08. The predicted octanol–water partition coefficient (Wildman–Crippen LogP) is 3.94. The van der Waals surface area contributed by atoms with Crippen LogP contribution in [0.5, 0.6) is 0 Å². The second-order valence-corrected chi connectivity index (χ2v) is 8.00. The molecule has 0 saturated heterocycles. The highest BCUT2D eigenvalue weighted by molar-refractivity contribution is 7.20. The lowest BCUT2D eigenvalue weighted by Gasteiger charge is -2.30. The smallest absolute Gasteiger partial charge is 0.349 e. The van der Waals surface area contributed by atoms with Crippen molar-refractivity contribution in [1.29, 1.82) is 0 Å². The molecule has 0 N–H and O–H groups in total. The van der Waals surface area contributed by atoms with Crippen LogP contribution < -0.4 is 0 Å². The molecule has 0 bridgehead atoms. The van der Waals surface area contributed by atoms with Crippen molar-refractivity contribution in [2.24, 2.45) is 0 Å². The zero-order valence-corrected chi connectivity index (χ0v) is 16.5. The Morgan fingerprint density at radius 1 is 1.17 bits per heavy atom. The minimum atomic E-state index is -0.910. The highest BCUT2D eigenvalue weighted by atomic mass is 32.1. The summed E-state index contributed by atoms with van der Waals surface area (Å²) in [4.78, 5) is 37.7. The molecule has 1 aliphatic heterocycles. The van der Waals surface area contributed by atoms with Crippen molar-refractivity contribution < 1.29 is 19.2 Å². The fourth-order valence-electron chi connectivity index (χ4n) is 3.45. The Labute approximate surface area is 170 Å². The van der Waals surface area contributed by atoms with Gasteiger partial charge in [0.25, 0.3) is 11.6 Å². The maximum atomic E-state index is 12.7. The average Bonchev–Trinajstić information content (AvgIpc) is 3.16. The zero-order chi connectivity index (χ0) is 20.5. The molecular weight excluding hydrogens is 392 g/mol. The summed E-state index contributed by atoms with van der Waals surface area (Å²) in [5.41, 5.74) is 2.31. The summed E-state index contributed by atoms with van der Waals surface area (Å²) in [5.74, 6) is -0.836. The predicted molar refractivity (Wildman–Crippen MR) is 109 cm³/mol. The number of ether oxygens (including phenoxy) is 1. The summed E-state index contributed by atoms with van der Waals surface area (Å²) < 4.78 is 6.14. The summed E-state index contributed by atoms with van der Waals surface area (Å²) >= 11 is 1.18. The molecule has 0 spiro atoms. The first-order valence-electron chi connectivity index (χ1n) is 9.17. The van der Waals surface area contributed by atoms with Crippen molar-refractivity contribution in [3.8, 4) is 0 Å². The second kappa shape index (κ2) is 7.63. The van der Waals surface area contributed by atoms with Crippen LogP contribution in [-0.2, 0) is 22.5 Å². The molecule has 0 aliphatic carbocycles. The number of amides is 1. The first kappa shape index (κ1) is 19.1. The van der Waals surface area contributed by atoms with E-state index in [0.717, 1.165) is 16.7 Å². The van der Waals surface area contributed by atoms with Gasteiger partial charge in [0.15, 0.2) is 6.10 Å². The molecule has 148 valence electrons. The number of nitro benzene ring substituents is 1. The SMILES string of the molecule is C[C@@H](OC(=O)c1cc2cc([N+](=O)[O-])ccc2s1)C(=O)N1CCc2ccccc2C1. The number of esters is 1. The van der Waals surface area contributed by atoms with E-state index >= 15 is 0 Å². The minimum absolute atomic E-state index is 0.0378. The standard InChI is InChI=1S/C21H18N2O5S/c1-13(20(24)22-9-8-14-4-2-3-5-15(14)12-22)28-21(25)19-11-16-10-17(23(26)27)6-7-18(16)29-19/h2-7,10-11,13H,8-9,12H2,1H3/t13-/m1/s1. The summed E-state index contributed by atoms with van der Waals surface area (Å²) in [6.07, 6.45) is -0.134. The van der Waals surface area contributed by atoms with Crippen LogP contribution in [0.25, 0.3) is 10.1 Å². The molecule has 1 amide bonds. The van der Waals surface area contributed by atoms with Crippen molar-refractivity contribution >= 4 is 39.0 Å². The van der Waals surface area contributed by atoms with Crippen LogP contribution in [0.1, 0.15) is 27.7 Å². The Kier molecular flexibility index (Phi) is 5.02.